The second kappa shape index (κ2) is 9.73. The zero-order chi connectivity index (χ0) is 24.2. The SMILES string of the molecule is COc1cc(C(=O)Nc2cccc(-c3nc4ccccc4[nH]3)c2)ccc1OC(C)c1ccccc1. The Morgan fingerprint density at radius 1 is 0.886 bits per heavy atom. The topological polar surface area (TPSA) is 76.2 Å². The van der Waals surface area contributed by atoms with Crippen molar-refractivity contribution in [1.29, 1.82) is 0 Å². The molecule has 6 nitrogen and oxygen atoms in total. The Hall–Kier alpha value is -4.58. The molecule has 174 valence electrons. The van der Waals surface area contributed by atoms with E-state index in [0.29, 0.717) is 22.7 Å². The van der Waals surface area contributed by atoms with Gasteiger partial charge >= 0.3 is 0 Å². The number of carbonyl (C=O) groups excluding carboxylic acids is 1. The Morgan fingerprint density at radius 3 is 2.49 bits per heavy atom. The number of H-pyrrole nitrogens is 1. The van der Waals surface area contributed by atoms with Crippen LogP contribution in [-0.2, 0) is 0 Å². The van der Waals surface area contributed by atoms with Gasteiger partial charge in [-0.3, -0.25) is 4.79 Å². The number of anilines is 1. The monoisotopic (exact) mass is 463 g/mol. The lowest BCUT2D eigenvalue weighted by atomic mass is 10.1. The molecular weight excluding hydrogens is 438 g/mol. The third-order valence-corrected chi connectivity index (χ3v) is 5.78. The van der Waals surface area contributed by atoms with Gasteiger partial charge < -0.3 is 19.8 Å². The standard InChI is InChI=1S/C29H25N3O3/c1-19(20-9-4-3-5-10-20)35-26-16-15-22(18-27(26)34-2)29(33)30-23-12-8-11-21(17-23)28-31-24-13-6-7-14-25(24)32-28/h3-19H,1-2H3,(H,30,33)(H,31,32). The molecule has 1 unspecified atom stereocenters. The number of methoxy groups -OCH3 is 1. The molecule has 1 amide bonds. The van der Waals surface area contributed by atoms with E-state index in [1.165, 1.54) is 0 Å². The summed E-state index contributed by atoms with van der Waals surface area (Å²) in [6, 6.07) is 30.6. The van der Waals surface area contributed by atoms with E-state index >= 15 is 0 Å². The number of rotatable bonds is 7. The molecule has 0 aliphatic heterocycles. The van der Waals surface area contributed by atoms with Crippen molar-refractivity contribution in [3.63, 3.8) is 0 Å². The summed E-state index contributed by atoms with van der Waals surface area (Å²) in [5.41, 5.74) is 4.94. The molecule has 0 bridgehead atoms. The number of hydrogen-bond donors (Lipinski definition) is 2. The average Bonchev–Trinajstić information content (AvgIpc) is 3.34. The van der Waals surface area contributed by atoms with E-state index in [1.54, 1.807) is 25.3 Å². The predicted octanol–water partition coefficient (Wildman–Crippen LogP) is 6.63. The quantitative estimate of drug-likeness (QED) is 0.284. The highest BCUT2D eigenvalue weighted by Gasteiger charge is 2.15. The maximum absolute atomic E-state index is 13.0. The Labute approximate surface area is 203 Å². The third-order valence-electron chi connectivity index (χ3n) is 5.78. The van der Waals surface area contributed by atoms with Crippen LogP contribution in [0.15, 0.2) is 97.1 Å². The van der Waals surface area contributed by atoms with Gasteiger partial charge in [-0.15, -0.1) is 0 Å². The lowest BCUT2D eigenvalue weighted by Gasteiger charge is -2.18. The van der Waals surface area contributed by atoms with E-state index in [9.17, 15) is 4.79 Å². The summed E-state index contributed by atoms with van der Waals surface area (Å²) in [5.74, 6) is 1.58. The van der Waals surface area contributed by atoms with Crippen LogP contribution in [0.25, 0.3) is 22.4 Å². The van der Waals surface area contributed by atoms with Crippen molar-refractivity contribution in [1.82, 2.24) is 9.97 Å². The number of aromatic amines is 1. The first-order chi connectivity index (χ1) is 17.1. The highest BCUT2D eigenvalue weighted by atomic mass is 16.5. The number of carbonyl (C=O) groups is 1. The number of benzene rings is 4. The third kappa shape index (κ3) is 4.87. The lowest BCUT2D eigenvalue weighted by Crippen LogP contribution is -2.12. The van der Waals surface area contributed by atoms with Gasteiger partial charge in [0.15, 0.2) is 11.5 Å². The molecule has 5 aromatic rings. The number of nitrogens with one attached hydrogen (secondary N) is 2. The first kappa shape index (κ1) is 22.2. The maximum atomic E-state index is 13.0. The van der Waals surface area contributed by atoms with Crippen molar-refractivity contribution in [2.24, 2.45) is 0 Å². The van der Waals surface area contributed by atoms with Crippen LogP contribution in [-0.4, -0.2) is 23.0 Å². The van der Waals surface area contributed by atoms with Crippen molar-refractivity contribution >= 4 is 22.6 Å². The maximum Gasteiger partial charge on any atom is 0.255 e. The molecule has 1 heterocycles. The fourth-order valence-electron chi connectivity index (χ4n) is 3.93. The number of amides is 1. The van der Waals surface area contributed by atoms with E-state index in [-0.39, 0.29) is 12.0 Å². The van der Waals surface area contributed by atoms with Crippen molar-refractivity contribution < 1.29 is 14.3 Å². The van der Waals surface area contributed by atoms with Crippen molar-refractivity contribution in [2.45, 2.75) is 13.0 Å². The summed E-state index contributed by atoms with van der Waals surface area (Å²) in [7, 11) is 1.56. The highest BCUT2D eigenvalue weighted by Crippen LogP contribution is 2.32. The van der Waals surface area contributed by atoms with E-state index in [4.69, 9.17) is 9.47 Å². The van der Waals surface area contributed by atoms with Crippen molar-refractivity contribution in [2.75, 3.05) is 12.4 Å². The van der Waals surface area contributed by atoms with Gasteiger partial charge in [-0.1, -0.05) is 54.6 Å². The van der Waals surface area contributed by atoms with Gasteiger partial charge in [0.05, 0.1) is 18.1 Å². The smallest absolute Gasteiger partial charge is 0.255 e. The molecule has 0 saturated carbocycles. The van der Waals surface area contributed by atoms with E-state index in [1.807, 2.05) is 85.8 Å². The van der Waals surface area contributed by atoms with Crippen LogP contribution < -0.4 is 14.8 Å². The molecule has 0 aliphatic rings. The Balaban J connectivity index is 1.33. The summed E-state index contributed by atoms with van der Waals surface area (Å²) in [6.45, 7) is 1.98. The predicted molar refractivity (Wildman–Crippen MR) is 138 cm³/mol. The zero-order valence-electron chi connectivity index (χ0n) is 19.5. The van der Waals surface area contributed by atoms with Gasteiger partial charge in [0.25, 0.3) is 5.91 Å². The lowest BCUT2D eigenvalue weighted by molar-refractivity contribution is 0.102. The minimum Gasteiger partial charge on any atom is -0.493 e. The molecule has 0 aliphatic carbocycles. The first-order valence-corrected chi connectivity index (χ1v) is 11.4. The molecule has 0 radical (unpaired) electrons. The minimum absolute atomic E-state index is 0.161. The number of nitrogens with zero attached hydrogens (tertiary/aromatic N) is 1. The van der Waals surface area contributed by atoms with Crippen LogP contribution in [0.5, 0.6) is 11.5 Å². The van der Waals surface area contributed by atoms with Crippen LogP contribution in [0, 0.1) is 0 Å². The average molecular weight is 464 g/mol. The summed E-state index contributed by atoms with van der Waals surface area (Å²) in [4.78, 5) is 21.0. The molecule has 0 spiro atoms. The molecular formula is C29H25N3O3. The molecule has 6 heteroatoms. The van der Waals surface area contributed by atoms with E-state index in [0.717, 1.165) is 28.0 Å². The zero-order valence-corrected chi connectivity index (χ0v) is 19.5. The molecule has 35 heavy (non-hydrogen) atoms. The second-order valence-electron chi connectivity index (χ2n) is 8.17. The molecule has 1 aromatic heterocycles. The van der Waals surface area contributed by atoms with E-state index in [2.05, 4.69) is 15.3 Å². The largest absolute Gasteiger partial charge is 0.493 e. The fourth-order valence-corrected chi connectivity index (χ4v) is 3.93. The van der Waals surface area contributed by atoms with Gasteiger partial charge in [0.1, 0.15) is 11.9 Å². The summed E-state index contributed by atoms with van der Waals surface area (Å²) < 4.78 is 11.6. The van der Waals surface area contributed by atoms with Crippen molar-refractivity contribution in [3.8, 4) is 22.9 Å². The van der Waals surface area contributed by atoms with Crippen LogP contribution in [0.1, 0.15) is 28.9 Å². The molecule has 2 N–H and O–H groups in total. The molecule has 5 rings (SSSR count). The summed E-state index contributed by atoms with van der Waals surface area (Å²) >= 11 is 0. The number of imidazole rings is 1. The van der Waals surface area contributed by atoms with E-state index < -0.39 is 0 Å². The van der Waals surface area contributed by atoms with Gasteiger partial charge in [-0.25, -0.2) is 4.98 Å². The molecule has 0 saturated heterocycles. The molecule has 4 aromatic carbocycles. The first-order valence-electron chi connectivity index (χ1n) is 11.4. The number of para-hydroxylation sites is 2. The number of aromatic nitrogens is 2. The van der Waals surface area contributed by atoms with Crippen molar-refractivity contribution in [3.05, 3.63) is 108 Å². The van der Waals surface area contributed by atoms with Crippen LogP contribution in [0.4, 0.5) is 5.69 Å². The Morgan fingerprint density at radius 2 is 1.69 bits per heavy atom. The minimum atomic E-state index is -0.243. The molecule has 0 fully saturated rings. The fraction of sp³-hybridized carbons (Fsp3) is 0.103. The summed E-state index contributed by atoms with van der Waals surface area (Å²) in [5, 5.41) is 2.96. The van der Waals surface area contributed by atoms with Gasteiger partial charge in [0, 0.05) is 16.8 Å². The summed E-state index contributed by atoms with van der Waals surface area (Å²) in [6.07, 6.45) is -0.161. The second-order valence-corrected chi connectivity index (χ2v) is 8.17. The highest BCUT2D eigenvalue weighted by molar-refractivity contribution is 6.05. The van der Waals surface area contributed by atoms with Gasteiger partial charge in [-0.05, 0) is 55.0 Å². The Kier molecular flexibility index (Phi) is 6.18. The number of ether oxygens (including phenoxy) is 2. The number of fused-ring (bicyclic) bond motifs is 1. The van der Waals surface area contributed by atoms with Gasteiger partial charge in [-0.2, -0.15) is 0 Å². The van der Waals surface area contributed by atoms with Gasteiger partial charge in [0.2, 0.25) is 0 Å². The van der Waals surface area contributed by atoms with Crippen LogP contribution >= 0.6 is 0 Å². The van der Waals surface area contributed by atoms with Crippen LogP contribution in [0.3, 0.4) is 0 Å². The molecule has 1 atom stereocenters. The van der Waals surface area contributed by atoms with Crippen LogP contribution in [0.2, 0.25) is 0 Å². The number of hydrogen-bond acceptors (Lipinski definition) is 4. The normalized spacial score (nSPS) is 11.7. The Bertz CT molecular complexity index is 1440.